The number of carbonyl (C=O) groups is 1. The summed E-state index contributed by atoms with van der Waals surface area (Å²) in [6, 6.07) is 8.67. The number of thiophene rings is 1. The van der Waals surface area contributed by atoms with Crippen LogP contribution >= 0.6 is 22.9 Å². The third kappa shape index (κ3) is 3.23. The highest BCUT2D eigenvalue weighted by Gasteiger charge is 2.29. The fourth-order valence-electron chi connectivity index (χ4n) is 3.87. The molecule has 0 unspecified atom stereocenters. The van der Waals surface area contributed by atoms with Gasteiger partial charge in [-0.25, -0.2) is 4.98 Å². The van der Waals surface area contributed by atoms with Crippen molar-refractivity contribution >= 4 is 49.2 Å². The standard InChI is InChI=1S/C22H17ClN2O5S/c1-30-11-4-5-12(14(8-11)10-2-3-10)20-24-21-17(22(29)25(20)9-16(26)27)13-6-7-15(23)18(28)19(13)31-21/h4-8,10,28H,2-3,9H2,1H3,(H,26,27). The van der Waals surface area contributed by atoms with Gasteiger partial charge < -0.3 is 14.9 Å². The van der Waals surface area contributed by atoms with Gasteiger partial charge in [-0.05, 0) is 48.6 Å². The maximum Gasteiger partial charge on any atom is 0.323 e. The van der Waals surface area contributed by atoms with E-state index in [9.17, 15) is 19.8 Å². The molecule has 158 valence electrons. The van der Waals surface area contributed by atoms with E-state index in [1.165, 1.54) is 10.6 Å². The number of halogens is 1. The lowest BCUT2D eigenvalue weighted by atomic mass is 10.0. The molecule has 1 saturated carbocycles. The van der Waals surface area contributed by atoms with E-state index in [1.54, 1.807) is 19.2 Å². The Hall–Kier alpha value is -3.10. The summed E-state index contributed by atoms with van der Waals surface area (Å²) >= 11 is 7.20. The predicted octanol–water partition coefficient (Wildman–Crippen LogP) is 4.61. The molecule has 2 aromatic heterocycles. The average Bonchev–Trinajstić information content (AvgIpc) is 3.52. The molecule has 4 aromatic rings. The van der Waals surface area contributed by atoms with Crippen molar-refractivity contribution in [1.82, 2.24) is 9.55 Å². The first-order valence-electron chi connectivity index (χ1n) is 9.63. The van der Waals surface area contributed by atoms with Gasteiger partial charge in [0.25, 0.3) is 5.56 Å². The third-order valence-electron chi connectivity index (χ3n) is 5.50. The summed E-state index contributed by atoms with van der Waals surface area (Å²) in [6.07, 6.45) is 2.03. The predicted molar refractivity (Wildman–Crippen MR) is 120 cm³/mol. The number of phenols is 1. The summed E-state index contributed by atoms with van der Waals surface area (Å²) in [5.41, 5.74) is 1.23. The van der Waals surface area contributed by atoms with Crippen LogP contribution in [0.5, 0.6) is 11.5 Å². The molecule has 2 heterocycles. The normalized spacial score (nSPS) is 13.7. The average molecular weight is 457 g/mol. The zero-order chi connectivity index (χ0) is 21.9. The first-order chi connectivity index (χ1) is 14.9. The van der Waals surface area contributed by atoms with Crippen LogP contribution in [0, 0.1) is 0 Å². The van der Waals surface area contributed by atoms with Crippen LogP contribution in [0.15, 0.2) is 35.1 Å². The Labute approximate surface area is 185 Å². The number of nitrogens with zero attached hydrogens (tertiary/aromatic N) is 2. The van der Waals surface area contributed by atoms with Gasteiger partial charge in [-0.3, -0.25) is 14.2 Å². The summed E-state index contributed by atoms with van der Waals surface area (Å²) in [7, 11) is 1.59. The van der Waals surface area contributed by atoms with E-state index in [1.807, 2.05) is 12.1 Å². The minimum atomic E-state index is -1.14. The van der Waals surface area contributed by atoms with Crippen LogP contribution in [0.2, 0.25) is 5.02 Å². The summed E-state index contributed by atoms with van der Waals surface area (Å²) in [5.74, 6) is 0.0514. The zero-order valence-electron chi connectivity index (χ0n) is 16.4. The molecule has 1 aliphatic rings. The molecule has 7 nitrogen and oxygen atoms in total. The minimum absolute atomic E-state index is 0.115. The minimum Gasteiger partial charge on any atom is -0.505 e. The van der Waals surface area contributed by atoms with E-state index in [4.69, 9.17) is 21.3 Å². The molecule has 0 atom stereocenters. The molecule has 9 heteroatoms. The van der Waals surface area contributed by atoms with Crippen LogP contribution in [0.3, 0.4) is 0 Å². The van der Waals surface area contributed by atoms with Gasteiger partial charge in [0, 0.05) is 10.9 Å². The number of carboxylic acids is 1. The van der Waals surface area contributed by atoms with Crippen LogP contribution < -0.4 is 10.3 Å². The maximum atomic E-state index is 13.5. The summed E-state index contributed by atoms with van der Waals surface area (Å²) in [6.45, 7) is -0.524. The number of benzene rings is 2. The summed E-state index contributed by atoms with van der Waals surface area (Å²) in [5, 5.41) is 20.8. The molecule has 0 saturated heterocycles. The van der Waals surface area contributed by atoms with Crippen LogP contribution in [-0.2, 0) is 11.3 Å². The van der Waals surface area contributed by atoms with Crippen molar-refractivity contribution in [3.05, 3.63) is 51.3 Å². The van der Waals surface area contributed by atoms with E-state index >= 15 is 0 Å². The fourth-order valence-corrected chi connectivity index (χ4v) is 5.20. The highest BCUT2D eigenvalue weighted by molar-refractivity contribution is 7.25. The molecule has 5 rings (SSSR count). The van der Waals surface area contributed by atoms with E-state index in [-0.39, 0.29) is 16.2 Å². The number of hydrogen-bond acceptors (Lipinski definition) is 6. The van der Waals surface area contributed by atoms with Crippen molar-refractivity contribution in [2.24, 2.45) is 0 Å². The first-order valence-corrected chi connectivity index (χ1v) is 10.8. The Bertz CT molecular complexity index is 1440. The molecule has 0 bridgehead atoms. The lowest BCUT2D eigenvalue weighted by Gasteiger charge is -2.15. The highest BCUT2D eigenvalue weighted by atomic mass is 35.5. The van der Waals surface area contributed by atoms with E-state index in [0.717, 1.165) is 29.7 Å². The first kappa shape index (κ1) is 19.8. The number of aromatic nitrogens is 2. The van der Waals surface area contributed by atoms with Crippen LogP contribution in [0.4, 0.5) is 0 Å². The van der Waals surface area contributed by atoms with Gasteiger partial charge in [-0.15, -0.1) is 11.3 Å². The molecule has 0 aliphatic heterocycles. The van der Waals surface area contributed by atoms with Crippen molar-refractivity contribution in [3.8, 4) is 22.9 Å². The van der Waals surface area contributed by atoms with E-state index in [2.05, 4.69) is 0 Å². The Balaban J connectivity index is 1.86. The molecule has 2 N–H and O–H groups in total. The second-order valence-corrected chi connectivity index (χ2v) is 8.91. The van der Waals surface area contributed by atoms with Crippen LogP contribution in [-0.4, -0.2) is 32.8 Å². The number of rotatable bonds is 5. The van der Waals surface area contributed by atoms with Gasteiger partial charge in [-0.1, -0.05) is 17.7 Å². The molecule has 0 radical (unpaired) electrons. The van der Waals surface area contributed by atoms with Crippen molar-refractivity contribution < 1.29 is 19.7 Å². The molecule has 0 amide bonds. The summed E-state index contributed by atoms with van der Waals surface area (Å²) < 4.78 is 6.99. The lowest BCUT2D eigenvalue weighted by Crippen LogP contribution is -2.26. The fraction of sp³-hybridized carbons (Fsp3) is 0.227. The zero-order valence-corrected chi connectivity index (χ0v) is 18.0. The second-order valence-electron chi connectivity index (χ2n) is 7.50. The highest BCUT2D eigenvalue weighted by Crippen LogP contribution is 2.46. The van der Waals surface area contributed by atoms with E-state index < -0.39 is 18.1 Å². The molecule has 1 fully saturated rings. The summed E-state index contributed by atoms with van der Waals surface area (Å²) in [4.78, 5) is 30.2. The molecule has 0 spiro atoms. The van der Waals surface area contributed by atoms with Gasteiger partial charge in [-0.2, -0.15) is 0 Å². The Kier molecular flexibility index (Phi) is 4.64. The van der Waals surface area contributed by atoms with Gasteiger partial charge in [0.15, 0.2) is 5.75 Å². The third-order valence-corrected chi connectivity index (χ3v) is 6.91. The number of hydrogen-bond donors (Lipinski definition) is 2. The number of fused-ring (bicyclic) bond motifs is 3. The van der Waals surface area contributed by atoms with Gasteiger partial charge in [0.2, 0.25) is 0 Å². The van der Waals surface area contributed by atoms with Crippen molar-refractivity contribution in [1.29, 1.82) is 0 Å². The Morgan fingerprint density at radius 1 is 1.32 bits per heavy atom. The number of aliphatic carboxylic acids is 1. The van der Waals surface area contributed by atoms with Crippen molar-refractivity contribution in [3.63, 3.8) is 0 Å². The number of ether oxygens (including phenoxy) is 1. The Morgan fingerprint density at radius 3 is 2.77 bits per heavy atom. The topological polar surface area (TPSA) is 102 Å². The molecule has 1 aliphatic carbocycles. The van der Waals surface area contributed by atoms with Gasteiger partial charge in [0.1, 0.15) is 22.9 Å². The monoisotopic (exact) mass is 456 g/mol. The van der Waals surface area contributed by atoms with Gasteiger partial charge >= 0.3 is 5.97 Å². The van der Waals surface area contributed by atoms with Crippen LogP contribution in [0.1, 0.15) is 24.3 Å². The van der Waals surface area contributed by atoms with Crippen molar-refractivity contribution in [2.45, 2.75) is 25.3 Å². The molecular weight excluding hydrogens is 440 g/mol. The molecule has 2 aromatic carbocycles. The number of phenolic OH excluding ortho intramolecular Hbond substituents is 1. The van der Waals surface area contributed by atoms with Gasteiger partial charge in [0.05, 0.1) is 22.2 Å². The molecule has 31 heavy (non-hydrogen) atoms. The molecular formula is C22H17ClN2O5S. The van der Waals surface area contributed by atoms with Crippen molar-refractivity contribution in [2.75, 3.05) is 7.11 Å². The van der Waals surface area contributed by atoms with E-state index in [0.29, 0.717) is 38.0 Å². The van der Waals surface area contributed by atoms with Crippen LogP contribution in [0.25, 0.3) is 31.7 Å². The Morgan fingerprint density at radius 2 is 2.10 bits per heavy atom. The number of methoxy groups -OCH3 is 1. The smallest absolute Gasteiger partial charge is 0.323 e. The second kappa shape index (κ2) is 7.25. The maximum absolute atomic E-state index is 13.5. The quantitative estimate of drug-likeness (QED) is 0.454. The number of aromatic hydroxyl groups is 1. The largest absolute Gasteiger partial charge is 0.505 e. The SMILES string of the molecule is COc1ccc(-c2nc3sc4c(O)c(Cl)ccc4c3c(=O)n2CC(=O)O)c(C2CC2)c1. The number of carboxylic acid groups (broad SMARTS) is 1. The lowest BCUT2D eigenvalue weighted by molar-refractivity contribution is -0.137.